The first-order valence-electron chi connectivity index (χ1n) is 11.3. The molecule has 0 spiro atoms. The summed E-state index contributed by atoms with van der Waals surface area (Å²) in [6.07, 6.45) is -0.837. The fourth-order valence-corrected chi connectivity index (χ4v) is 5.70. The second-order valence-electron chi connectivity index (χ2n) is 10.3. The number of benzene rings is 2. The lowest BCUT2D eigenvalue weighted by molar-refractivity contribution is -0.145. The summed E-state index contributed by atoms with van der Waals surface area (Å²) in [5.74, 6) is -2.66. The van der Waals surface area contributed by atoms with E-state index in [0.29, 0.717) is 27.6 Å². The Labute approximate surface area is 215 Å². The molecule has 1 unspecified atom stereocenters. The number of likely N-dealkylation sites (tertiary alicyclic amines) is 1. The maximum absolute atomic E-state index is 12.9. The first-order chi connectivity index (χ1) is 16.3. The fourth-order valence-electron chi connectivity index (χ4n) is 5.37. The summed E-state index contributed by atoms with van der Waals surface area (Å²) in [6, 6.07) is 14.4. The maximum Gasteiger partial charge on any atom is 0.321 e. The normalized spacial score (nSPS) is 25.7. The van der Waals surface area contributed by atoms with Gasteiger partial charge in [-0.05, 0) is 47.2 Å². The molecule has 0 aliphatic carbocycles. The third-order valence-electron chi connectivity index (χ3n) is 6.58. The molecule has 186 valence electrons. The van der Waals surface area contributed by atoms with Crippen molar-refractivity contribution in [2.75, 3.05) is 0 Å². The van der Waals surface area contributed by atoms with E-state index in [1.54, 1.807) is 53.4 Å². The van der Waals surface area contributed by atoms with Crippen molar-refractivity contribution >= 4 is 35.1 Å². The summed E-state index contributed by atoms with van der Waals surface area (Å²) in [7, 11) is 0. The van der Waals surface area contributed by atoms with Crippen molar-refractivity contribution in [2.45, 2.75) is 63.2 Å². The van der Waals surface area contributed by atoms with Crippen LogP contribution in [-0.2, 0) is 15.0 Å². The highest BCUT2D eigenvalue weighted by molar-refractivity contribution is 6.30. The molecule has 35 heavy (non-hydrogen) atoms. The molecule has 3 rings (SSSR count). The van der Waals surface area contributed by atoms with Crippen LogP contribution in [0.4, 0.5) is 0 Å². The van der Waals surface area contributed by atoms with Crippen LogP contribution in [0.2, 0.25) is 10.0 Å². The molecule has 1 amide bonds. The fraction of sp³-hybridized carbons (Fsp3) is 0.423. The second kappa shape index (κ2) is 10.2. The van der Waals surface area contributed by atoms with E-state index >= 15 is 0 Å². The molecule has 1 fully saturated rings. The van der Waals surface area contributed by atoms with Crippen molar-refractivity contribution in [1.29, 1.82) is 5.26 Å². The molecule has 0 aromatic heterocycles. The Hall–Kier alpha value is -2.63. The second-order valence-corrected chi connectivity index (χ2v) is 11.1. The molecule has 1 heterocycles. The first-order valence-corrected chi connectivity index (χ1v) is 12.0. The van der Waals surface area contributed by atoms with Gasteiger partial charge in [0.15, 0.2) is 0 Å². The van der Waals surface area contributed by atoms with Crippen molar-refractivity contribution in [1.82, 2.24) is 4.90 Å². The Morgan fingerprint density at radius 1 is 1.17 bits per heavy atom. The molecule has 1 saturated heterocycles. The number of primary amides is 1. The molecular formula is C26H30Cl2N4O3. The van der Waals surface area contributed by atoms with Crippen LogP contribution in [0.3, 0.4) is 0 Å². The molecule has 0 saturated carbocycles. The Balaban J connectivity index is 2.42. The van der Waals surface area contributed by atoms with E-state index in [9.17, 15) is 20.0 Å². The predicted octanol–water partition coefficient (Wildman–Crippen LogP) is 4.27. The Morgan fingerprint density at radius 2 is 1.80 bits per heavy atom. The van der Waals surface area contributed by atoms with E-state index in [0.717, 1.165) is 0 Å². The SMILES string of the molecule is CC(C)(C)C[C@@H]1N(C(N)CC(N)=O)[C@@H](C(=O)O)[C@H](c2cccc(Cl)c2)[C@@]1(C#N)c1ccc(Cl)cc1. The van der Waals surface area contributed by atoms with Gasteiger partial charge in [0.1, 0.15) is 11.5 Å². The summed E-state index contributed by atoms with van der Waals surface area (Å²) in [5.41, 5.74) is 11.5. The molecule has 9 heteroatoms. The predicted molar refractivity (Wildman–Crippen MR) is 136 cm³/mol. The van der Waals surface area contributed by atoms with Crippen LogP contribution in [0, 0.1) is 16.7 Å². The number of halogens is 2. The van der Waals surface area contributed by atoms with Gasteiger partial charge in [-0.1, -0.05) is 68.2 Å². The van der Waals surface area contributed by atoms with Crippen molar-refractivity contribution in [3.63, 3.8) is 0 Å². The van der Waals surface area contributed by atoms with E-state index in [1.807, 2.05) is 20.8 Å². The van der Waals surface area contributed by atoms with Crippen molar-refractivity contribution < 1.29 is 14.7 Å². The number of nitriles is 1. The van der Waals surface area contributed by atoms with E-state index in [-0.39, 0.29) is 11.8 Å². The number of aliphatic carboxylic acids is 1. The zero-order chi connectivity index (χ0) is 26.1. The zero-order valence-corrected chi connectivity index (χ0v) is 21.4. The van der Waals surface area contributed by atoms with Gasteiger partial charge in [0.2, 0.25) is 5.91 Å². The first kappa shape index (κ1) is 27.0. The van der Waals surface area contributed by atoms with Gasteiger partial charge < -0.3 is 16.6 Å². The topological polar surface area (TPSA) is 133 Å². The minimum absolute atomic E-state index is 0.255. The lowest BCUT2D eigenvalue weighted by Gasteiger charge is -2.41. The van der Waals surface area contributed by atoms with E-state index in [2.05, 4.69) is 6.07 Å². The lowest BCUT2D eigenvalue weighted by atomic mass is 9.63. The Morgan fingerprint density at radius 3 is 2.29 bits per heavy atom. The van der Waals surface area contributed by atoms with Crippen LogP contribution in [0.1, 0.15) is 50.7 Å². The van der Waals surface area contributed by atoms with Gasteiger partial charge in [-0.15, -0.1) is 0 Å². The minimum Gasteiger partial charge on any atom is -0.480 e. The molecule has 5 N–H and O–H groups in total. The van der Waals surface area contributed by atoms with Crippen LogP contribution >= 0.6 is 23.2 Å². The summed E-state index contributed by atoms with van der Waals surface area (Å²) < 4.78 is 0. The van der Waals surface area contributed by atoms with Gasteiger partial charge in [0, 0.05) is 22.0 Å². The van der Waals surface area contributed by atoms with Gasteiger partial charge in [0.05, 0.1) is 18.7 Å². The number of carbonyl (C=O) groups excluding carboxylic acids is 1. The molecular weight excluding hydrogens is 487 g/mol. The average molecular weight is 517 g/mol. The van der Waals surface area contributed by atoms with Gasteiger partial charge in [-0.25, -0.2) is 0 Å². The third-order valence-corrected chi connectivity index (χ3v) is 7.07. The van der Waals surface area contributed by atoms with E-state index in [1.165, 1.54) is 0 Å². The maximum atomic E-state index is 12.9. The monoisotopic (exact) mass is 516 g/mol. The summed E-state index contributed by atoms with van der Waals surface area (Å²) in [6.45, 7) is 6.03. The van der Waals surface area contributed by atoms with Crippen molar-refractivity contribution in [2.24, 2.45) is 16.9 Å². The standard InChI is InChI=1S/C26H30Cl2N4O3/c1-25(2,3)13-19-26(14-29,16-7-9-17(27)10-8-16)22(15-5-4-6-18(28)11-15)23(24(34)35)32(19)20(30)12-21(31)33/h4-11,19-20,22-23H,12-13,30H2,1-3H3,(H2,31,33)(H,34,35)/t19-,20?,22-,23+,26-/m0/s1. The summed E-state index contributed by atoms with van der Waals surface area (Å²) in [4.78, 5) is 26.3. The minimum atomic E-state index is -1.35. The molecule has 1 aliphatic heterocycles. The number of rotatable bonds is 7. The quantitative estimate of drug-likeness (QED) is 0.502. The number of nitrogens with zero attached hydrogens (tertiary/aromatic N) is 2. The van der Waals surface area contributed by atoms with Crippen LogP contribution in [-0.4, -0.2) is 40.1 Å². The van der Waals surface area contributed by atoms with Crippen LogP contribution < -0.4 is 11.5 Å². The number of carboxylic acids is 1. The smallest absolute Gasteiger partial charge is 0.321 e. The molecule has 7 nitrogen and oxygen atoms in total. The van der Waals surface area contributed by atoms with E-state index < -0.39 is 41.5 Å². The Kier molecular flexibility index (Phi) is 7.83. The van der Waals surface area contributed by atoms with E-state index in [4.69, 9.17) is 34.7 Å². The number of amides is 1. The highest BCUT2D eigenvalue weighted by Gasteiger charge is 2.64. The number of hydrogen-bond acceptors (Lipinski definition) is 5. The number of hydrogen-bond donors (Lipinski definition) is 3. The highest BCUT2D eigenvalue weighted by Crippen LogP contribution is 2.56. The van der Waals surface area contributed by atoms with Gasteiger partial charge >= 0.3 is 5.97 Å². The number of nitrogens with two attached hydrogens (primary N) is 2. The van der Waals surface area contributed by atoms with Crippen LogP contribution in [0.15, 0.2) is 48.5 Å². The molecule has 2 aromatic carbocycles. The van der Waals surface area contributed by atoms with Crippen LogP contribution in [0.5, 0.6) is 0 Å². The molecule has 0 bridgehead atoms. The van der Waals surface area contributed by atoms with Crippen LogP contribution in [0.25, 0.3) is 0 Å². The van der Waals surface area contributed by atoms with Gasteiger partial charge in [0.25, 0.3) is 0 Å². The third kappa shape index (κ3) is 5.31. The molecule has 1 aliphatic rings. The molecule has 2 aromatic rings. The average Bonchev–Trinajstić information content (AvgIpc) is 3.03. The highest BCUT2D eigenvalue weighted by atomic mass is 35.5. The Bertz CT molecular complexity index is 1140. The van der Waals surface area contributed by atoms with Gasteiger partial charge in [-0.3, -0.25) is 14.5 Å². The number of carbonyl (C=O) groups is 2. The summed E-state index contributed by atoms with van der Waals surface area (Å²) >= 11 is 12.5. The number of carboxylic acid groups (broad SMARTS) is 1. The molecule has 5 atom stereocenters. The van der Waals surface area contributed by atoms with Gasteiger partial charge in [-0.2, -0.15) is 5.26 Å². The van der Waals surface area contributed by atoms with Crippen molar-refractivity contribution in [3.8, 4) is 6.07 Å². The molecule has 0 radical (unpaired) electrons. The van der Waals surface area contributed by atoms with Crippen molar-refractivity contribution in [3.05, 3.63) is 69.7 Å². The summed E-state index contributed by atoms with van der Waals surface area (Å²) in [5, 5.41) is 22.4. The largest absolute Gasteiger partial charge is 0.480 e. The zero-order valence-electron chi connectivity index (χ0n) is 19.9. The lowest BCUT2D eigenvalue weighted by Crippen LogP contribution is -2.55.